The lowest BCUT2D eigenvalue weighted by molar-refractivity contribution is 0.403. The van der Waals surface area contributed by atoms with Crippen LogP contribution in [0.1, 0.15) is 29.4 Å². The van der Waals surface area contributed by atoms with Crippen LogP contribution in [0.15, 0.2) is 48.8 Å². The van der Waals surface area contributed by atoms with E-state index in [4.69, 9.17) is 11.6 Å². The van der Waals surface area contributed by atoms with Gasteiger partial charge in [0.25, 0.3) is 0 Å². The molecule has 2 nitrogen and oxygen atoms in total. The van der Waals surface area contributed by atoms with Crippen LogP contribution in [-0.2, 0) is 0 Å². The average molecular weight is 273 g/mol. The van der Waals surface area contributed by atoms with Gasteiger partial charge < -0.3 is 5.32 Å². The van der Waals surface area contributed by atoms with E-state index in [1.165, 1.54) is 11.1 Å². The molecule has 1 N–H and O–H groups in total. The van der Waals surface area contributed by atoms with Crippen LogP contribution in [0.4, 0.5) is 0 Å². The van der Waals surface area contributed by atoms with Crippen molar-refractivity contribution in [1.29, 1.82) is 0 Å². The van der Waals surface area contributed by atoms with Crippen molar-refractivity contribution in [2.75, 3.05) is 13.1 Å². The molecule has 2 heterocycles. The van der Waals surface area contributed by atoms with Gasteiger partial charge in [-0.2, -0.15) is 0 Å². The molecule has 2 aromatic rings. The smallest absolute Gasteiger partial charge is 0.0406 e. The zero-order chi connectivity index (χ0) is 13.1. The fourth-order valence-corrected chi connectivity index (χ4v) is 3.04. The Morgan fingerprint density at radius 1 is 1.05 bits per heavy atom. The largest absolute Gasteiger partial charge is 0.316 e. The maximum atomic E-state index is 5.98. The first-order chi connectivity index (χ1) is 9.34. The van der Waals surface area contributed by atoms with Crippen molar-refractivity contribution in [1.82, 2.24) is 10.3 Å². The molecule has 1 aromatic carbocycles. The number of hydrogen-bond acceptors (Lipinski definition) is 2. The molecule has 1 fully saturated rings. The van der Waals surface area contributed by atoms with E-state index in [9.17, 15) is 0 Å². The number of aromatic nitrogens is 1. The second-order valence-electron chi connectivity index (χ2n) is 5.04. The van der Waals surface area contributed by atoms with Gasteiger partial charge in [0.05, 0.1) is 0 Å². The second-order valence-corrected chi connectivity index (χ2v) is 5.48. The van der Waals surface area contributed by atoms with Crippen molar-refractivity contribution in [3.8, 4) is 0 Å². The molecule has 0 aliphatic carbocycles. The minimum absolute atomic E-state index is 0.496. The molecule has 1 saturated heterocycles. The third-order valence-electron chi connectivity index (χ3n) is 3.89. The minimum atomic E-state index is 0.496. The summed E-state index contributed by atoms with van der Waals surface area (Å²) in [7, 11) is 0. The molecule has 0 amide bonds. The molecule has 1 aliphatic heterocycles. The molecule has 0 saturated carbocycles. The first-order valence-corrected chi connectivity index (χ1v) is 7.08. The van der Waals surface area contributed by atoms with Crippen molar-refractivity contribution >= 4 is 11.6 Å². The summed E-state index contributed by atoms with van der Waals surface area (Å²) in [5, 5.41) is 4.29. The molecule has 3 heteroatoms. The molecule has 2 unspecified atom stereocenters. The molecule has 0 spiro atoms. The average Bonchev–Trinajstić information content (AvgIpc) is 2.49. The number of pyridine rings is 1. The van der Waals surface area contributed by atoms with Gasteiger partial charge in [-0.1, -0.05) is 29.8 Å². The van der Waals surface area contributed by atoms with E-state index in [-0.39, 0.29) is 0 Å². The van der Waals surface area contributed by atoms with E-state index < -0.39 is 0 Å². The quantitative estimate of drug-likeness (QED) is 0.904. The van der Waals surface area contributed by atoms with Gasteiger partial charge in [-0.3, -0.25) is 4.98 Å². The van der Waals surface area contributed by atoms with Crippen LogP contribution in [0, 0.1) is 0 Å². The van der Waals surface area contributed by atoms with Crippen molar-refractivity contribution in [2.24, 2.45) is 0 Å². The Morgan fingerprint density at radius 2 is 1.89 bits per heavy atom. The number of piperidine rings is 1. The van der Waals surface area contributed by atoms with Gasteiger partial charge in [0.15, 0.2) is 0 Å². The highest BCUT2D eigenvalue weighted by Gasteiger charge is 2.27. The summed E-state index contributed by atoms with van der Waals surface area (Å²) in [6.07, 6.45) is 4.99. The number of halogens is 1. The van der Waals surface area contributed by atoms with Crippen LogP contribution in [-0.4, -0.2) is 18.1 Å². The standard InChI is InChI=1S/C16H17ClN2/c17-14-5-3-12(4-6-14)16-11-19-9-7-15(16)13-2-1-8-18-10-13/h1-6,8,10,15-16,19H,7,9,11H2. The molecule has 0 radical (unpaired) electrons. The van der Waals surface area contributed by atoms with E-state index in [0.717, 1.165) is 24.5 Å². The second kappa shape index (κ2) is 5.72. The molecule has 0 bridgehead atoms. The zero-order valence-corrected chi connectivity index (χ0v) is 11.5. The third-order valence-corrected chi connectivity index (χ3v) is 4.14. The lowest BCUT2D eigenvalue weighted by atomic mass is 9.78. The van der Waals surface area contributed by atoms with E-state index >= 15 is 0 Å². The van der Waals surface area contributed by atoms with Crippen molar-refractivity contribution in [2.45, 2.75) is 18.3 Å². The number of benzene rings is 1. The summed E-state index contributed by atoms with van der Waals surface area (Å²) < 4.78 is 0. The van der Waals surface area contributed by atoms with Crippen LogP contribution in [0.5, 0.6) is 0 Å². The van der Waals surface area contributed by atoms with Crippen LogP contribution in [0.2, 0.25) is 5.02 Å². The summed E-state index contributed by atoms with van der Waals surface area (Å²) in [5.41, 5.74) is 2.69. The summed E-state index contributed by atoms with van der Waals surface area (Å²) in [6, 6.07) is 12.5. The molecular weight excluding hydrogens is 256 g/mol. The lowest BCUT2D eigenvalue weighted by Gasteiger charge is -2.32. The minimum Gasteiger partial charge on any atom is -0.316 e. The van der Waals surface area contributed by atoms with Crippen LogP contribution < -0.4 is 5.32 Å². The number of nitrogens with zero attached hydrogens (tertiary/aromatic N) is 1. The van der Waals surface area contributed by atoms with Crippen molar-refractivity contribution in [3.05, 3.63) is 64.9 Å². The van der Waals surface area contributed by atoms with Gasteiger partial charge in [0, 0.05) is 29.9 Å². The molecule has 3 rings (SSSR count). The third kappa shape index (κ3) is 2.80. The molecule has 1 aliphatic rings. The molecular formula is C16H17ClN2. The molecule has 98 valence electrons. The van der Waals surface area contributed by atoms with E-state index in [1.54, 1.807) is 0 Å². The fourth-order valence-electron chi connectivity index (χ4n) is 2.91. The van der Waals surface area contributed by atoms with E-state index in [0.29, 0.717) is 11.8 Å². The first-order valence-electron chi connectivity index (χ1n) is 6.71. The van der Waals surface area contributed by atoms with Gasteiger partial charge in [-0.25, -0.2) is 0 Å². The number of hydrogen-bond donors (Lipinski definition) is 1. The van der Waals surface area contributed by atoms with Crippen molar-refractivity contribution in [3.63, 3.8) is 0 Å². The maximum absolute atomic E-state index is 5.98. The number of rotatable bonds is 2. The van der Waals surface area contributed by atoms with Crippen molar-refractivity contribution < 1.29 is 0 Å². The monoisotopic (exact) mass is 272 g/mol. The van der Waals surface area contributed by atoms with Crippen LogP contribution in [0.25, 0.3) is 0 Å². The summed E-state index contributed by atoms with van der Waals surface area (Å²) in [4.78, 5) is 4.26. The lowest BCUT2D eigenvalue weighted by Crippen LogP contribution is -2.34. The normalized spacial score (nSPS) is 23.2. The Balaban J connectivity index is 1.91. The number of nitrogens with one attached hydrogen (secondary N) is 1. The van der Waals surface area contributed by atoms with Gasteiger partial charge in [-0.05, 0) is 48.2 Å². The van der Waals surface area contributed by atoms with Crippen LogP contribution >= 0.6 is 11.6 Å². The predicted molar refractivity (Wildman–Crippen MR) is 78.7 cm³/mol. The molecule has 1 aromatic heterocycles. The Labute approximate surface area is 118 Å². The SMILES string of the molecule is Clc1ccc(C2CNCCC2c2cccnc2)cc1. The fraction of sp³-hybridized carbons (Fsp3) is 0.312. The Hall–Kier alpha value is -1.38. The first kappa shape index (κ1) is 12.6. The topological polar surface area (TPSA) is 24.9 Å². The van der Waals surface area contributed by atoms with Gasteiger partial charge in [-0.15, -0.1) is 0 Å². The molecule has 19 heavy (non-hydrogen) atoms. The zero-order valence-electron chi connectivity index (χ0n) is 10.7. The summed E-state index contributed by atoms with van der Waals surface area (Å²) in [5.74, 6) is 1.03. The van der Waals surface area contributed by atoms with Gasteiger partial charge in [0.2, 0.25) is 0 Å². The van der Waals surface area contributed by atoms with Gasteiger partial charge >= 0.3 is 0 Å². The summed E-state index contributed by atoms with van der Waals surface area (Å²) in [6.45, 7) is 2.09. The van der Waals surface area contributed by atoms with E-state index in [1.807, 2.05) is 30.6 Å². The highest BCUT2D eigenvalue weighted by atomic mass is 35.5. The Kier molecular flexibility index (Phi) is 3.81. The van der Waals surface area contributed by atoms with E-state index in [2.05, 4.69) is 28.5 Å². The Bertz CT molecular complexity index is 524. The highest BCUT2D eigenvalue weighted by molar-refractivity contribution is 6.30. The summed E-state index contributed by atoms with van der Waals surface area (Å²) >= 11 is 5.98. The van der Waals surface area contributed by atoms with Gasteiger partial charge in [0.1, 0.15) is 0 Å². The predicted octanol–water partition coefficient (Wildman–Crippen LogP) is 3.60. The molecule has 2 atom stereocenters. The Morgan fingerprint density at radius 3 is 2.63 bits per heavy atom. The maximum Gasteiger partial charge on any atom is 0.0406 e. The van der Waals surface area contributed by atoms with Crippen LogP contribution in [0.3, 0.4) is 0 Å². The highest BCUT2D eigenvalue weighted by Crippen LogP contribution is 2.37.